The van der Waals surface area contributed by atoms with Gasteiger partial charge in [-0.3, -0.25) is 30.1 Å². The molecule has 0 radical (unpaired) electrons. The summed E-state index contributed by atoms with van der Waals surface area (Å²) in [4.78, 5) is 39.2. The molecule has 0 bridgehead atoms. The summed E-state index contributed by atoms with van der Waals surface area (Å²) in [7, 11) is 0. The van der Waals surface area contributed by atoms with Gasteiger partial charge >= 0.3 is 0 Å². The van der Waals surface area contributed by atoms with Crippen molar-refractivity contribution in [2.75, 3.05) is 26.2 Å². The van der Waals surface area contributed by atoms with Crippen LogP contribution in [0.1, 0.15) is 56.1 Å². The van der Waals surface area contributed by atoms with Gasteiger partial charge in [0, 0.05) is 36.0 Å². The summed E-state index contributed by atoms with van der Waals surface area (Å²) in [5.41, 5.74) is 4.30. The Bertz CT molecular complexity index is 1300. The zero-order valence-electron chi connectivity index (χ0n) is 22.7. The molecule has 1 saturated heterocycles. The number of carbonyl (C=O) groups excluding carboxylic acids is 2. The second-order valence-electron chi connectivity index (χ2n) is 10.2. The number of rotatable bonds is 9. The number of nitrogens with zero attached hydrogens (tertiary/aromatic N) is 3. The molecule has 0 aromatic heterocycles. The van der Waals surface area contributed by atoms with Crippen molar-refractivity contribution in [3.63, 3.8) is 0 Å². The maximum absolute atomic E-state index is 13.6. The number of amides is 2. The highest BCUT2D eigenvalue weighted by Gasteiger charge is 2.38. The van der Waals surface area contributed by atoms with Crippen molar-refractivity contribution in [1.29, 1.82) is 0 Å². The van der Waals surface area contributed by atoms with E-state index in [0.717, 1.165) is 32.5 Å². The number of hydrogen-bond donors (Lipinski definition) is 4. The van der Waals surface area contributed by atoms with Crippen LogP contribution >= 0.6 is 0 Å². The number of hydroxylamine groups is 3. The van der Waals surface area contributed by atoms with Gasteiger partial charge in [0.25, 0.3) is 17.5 Å². The number of benzene rings is 2. The number of dihydropyridines is 1. The number of carbonyl (C=O) groups is 2. The van der Waals surface area contributed by atoms with Crippen LogP contribution in [-0.4, -0.2) is 63.3 Å². The van der Waals surface area contributed by atoms with E-state index in [9.17, 15) is 30.1 Å². The van der Waals surface area contributed by atoms with E-state index < -0.39 is 22.7 Å². The number of nitrogens with one attached hydrogen (secondary N) is 2. The van der Waals surface area contributed by atoms with Gasteiger partial charge in [-0.1, -0.05) is 42.5 Å². The van der Waals surface area contributed by atoms with Crippen LogP contribution in [0.4, 0.5) is 5.69 Å². The first-order valence-corrected chi connectivity index (χ1v) is 13.4. The van der Waals surface area contributed by atoms with Crippen molar-refractivity contribution < 1.29 is 24.9 Å². The Morgan fingerprint density at radius 2 is 1.65 bits per heavy atom. The first kappa shape index (κ1) is 28.9. The van der Waals surface area contributed by atoms with Gasteiger partial charge in [-0.2, -0.15) is 0 Å². The van der Waals surface area contributed by atoms with Crippen molar-refractivity contribution in [2.45, 2.75) is 44.9 Å². The van der Waals surface area contributed by atoms with Crippen LogP contribution in [0.3, 0.4) is 0 Å². The number of piperidine rings is 1. The lowest BCUT2D eigenvalue weighted by Crippen LogP contribution is -2.40. The van der Waals surface area contributed by atoms with E-state index in [4.69, 9.17) is 0 Å². The minimum absolute atomic E-state index is 0.0694. The van der Waals surface area contributed by atoms with Crippen LogP contribution in [0.2, 0.25) is 0 Å². The van der Waals surface area contributed by atoms with Gasteiger partial charge in [-0.05, 0) is 69.8 Å². The zero-order valence-corrected chi connectivity index (χ0v) is 22.7. The van der Waals surface area contributed by atoms with E-state index in [1.807, 2.05) is 6.07 Å². The molecular weight excluding hydrogens is 514 g/mol. The highest BCUT2D eigenvalue weighted by atomic mass is 16.6. The van der Waals surface area contributed by atoms with E-state index in [1.165, 1.54) is 29.8 Å². The molecule has 11 heteroatoms. The SMILES string of the molecule is CC1=C(C(=O)NO)C(c2ccc([N+](=O)[O-])cc2)C(C(=O)N(O)CCCN2CCC(c3ccccc3)CC2)=C(C)N1. The van der Waals surface area contributed by atoms with E-state index in [-0.39, 0.29) is 23.4 Å². The van der Waals surface area contributed by atoms with E-state index in [2.05, 4.69) is 34.5 Å². The Morgan fingerprint density at radius 1 is 1.02 bits per heavy atom. The fraction of sp³-hybridized carbons (Fsp3) is 0.379. The number of allylic oxidation sites excluding steroid dienone is 2. The molecule has 1 atom stereocenters. The molecule has 2 aliphatic heterocycles. The van der Waals surface area contributed by atoms with Crippen LogP contribution in [0.15, 0.2) is 77.1 Å². The maximum Gasteiger partial charge on any atom is 0.275 e. The second kappa shape index (κ2) is 12.9. The largest absolute Gasteiger partial charge is 0.362 e. The van der Waals surface area contributed by atoms with Crippen LogP contribution in [-0.2, 0) is 9.59 Å². The van der Waals surface area contributed by atoms with E-state index in [1.54, 1.807) is 19.3 Å². The molecule has 4 N–H and O–H groups in total. The first-order valence-electron chi connectivity index (χ1n) is 13.4. The summed E-state index contributed by atoms with van der Waals surface area (Å²) in [6.07, 6.45) is 2.67. The van der Waals surface area contributed by atoms with Crippen LogP contribution in [0, 0.1) is 10.1 Å². The molecule has 212 valence electrons. The summed E-state index contributed by atoms with van der Waals surface area (Å²) in [5.74, 6) is -1.94. The Balaban J connectivity index is 1.44. The third-order valence-electron chi connectivity index (χ3n) is 7.71. The topological polar surface area (TPSA) is 148 Å². The maximum atomic E-state index is 13.6. The Morgan fingerprint density at radius 3 is 2.25 bits per heavy atom. The second-order valence-corrected chi connectivity index (χ2v) is 10.2. The minimum atomic E-state index is -0.964. The lowest BCUT2D eigenvalue weighted by atomic mass is 9.79. The fourth-order valence-corrected chi connectivity index (χ4v) is 5.66. The van der Waals surface area contributed by atoms with Crippen LogP contribution in [0.25, 0.3) is 0 Å². The normalized spacial score (nSPS) is 18.4. The molecule has 1 fully saturated rings. The highest BCUT2D eigenvalue weighted by Crippen LogP contribution is 2.39. The number of hydrogen-bond acceptors (Lipinski definition) is 8. The molecule has 4 rings (SSSR count). The molecule has 1 unspecified atom stereocenters. The van der Waals surface area contributed by atoms with Crippen LogP contribution in [0.5, 0.6) is 0 Å². The molecule has 0 spiro atoms. The van der Waals surface area contributed by atoms with E-state index in [0.29, 0.717) is 34.4 Å². The molecule has 2 heterocycles. The van der Waals surface area contributed by atoms with Crippen molar-refractivity contribution in [3.8, 4) is 0 Å². The quantitative estimate of drug-likeness (QED) is 0.210. The molecule has 2 aromatic carbocycles. The standard InChI is InChI=1S/C29H35N5O6/c1-19-25(28(35)31-37)27(23-9-11-24(12-10-23)34(39)40)26(20(2)30-19)29(36)33(38)16-6-15-32-17-13-22(14-18-32)21-7-4-3-5-8-21/h3-5,7-12,22,27,30,37-38H,6,13-18H2,1-2H3,(H,31,35). The van der Waals surface area contributed by atoms with Crippen molar-refractivity contribution in [2.24, 2.45) is 0 Å². The third kappa shape index (κ3) is 6.39. The number of nitro groups is 1. The molecule has 40 heavy (non-hydrogen) atoms. The smallest absolute Gasteiger partial charge is 0.275 e. The molecule has 0 saturated carbocycles. The Kier molecular flexibility index (Phi) is 9.30. The number of non-ortho nitro benzene ring substituents is 1. The Labute approximate surface area is 232 Å². The van der Waals surface area contributed by atoms with Gasteiger partial charge in [-0.15, -0.1) is 0 Å². The molecular formula is C29H35N5O6. The average Bonchev–Trinajstić information content (AvgIpc) is 2.97. The summed E-state index contributed by atoms with van der Waals surface area (Å²) in [6.45, 7) is 5.99. The predicted molar refractivity (Wildman–Crippen MR) is 147 cm³/mol. The summed E-state index contributed by atoms with van der Waals surface area (Å²) >= 11 is 0. The Hall–Kier alpha value is -4.06. The van der Waals surface area contributed by atoms with Crippen LogP contribution < -0.4 is 10.8 Å². The van der Waals surface area contributed by atoms with Gasteiger partial charge in [0.05, 0.1) is 16.1 Å². The highest BCUT2D eigenvalue weighted by molar-refractivity contribution is 6.03. The van der Waals surface area contributed by atoms with Gasteiger partial charge in [0.2, 0.25) is 0 Å². The first-order chi connectivity index (χ1) is 19.2. The number of likely N-dealkylation sites (tertiary alicyclic amines) is 1. The monoisotopic (exact) mass is 549 g/mol. The van der Waals surface area contributed by atoms with Gasteiger partial charge in [0.15, 0.2) is 0 Å². The van der Waals surface area contributed by atoms with Crippen molar-refractivity contribution in [1.82, 2.24) is 20.8 Å². The minimum Gasteiger partial charge on any atom is -0.362 e. The van der Waals surface area contributed by atoms with E-state index >= 15 is 0 Å². The molecule has 2 aromatic rings. The van der Waals surface area contributed by atoms with Gasteiger partial charge < -0.3 is 10.2 Å². The average molecular weight is 550 g/mol. The van der Waals surface area contributed by atoms with Crippen molar-refractivity contribution in [3.05, 3.63) is 98.4 Å². The fourth-order valence-electron chi connectivity index (χ4n) is 5.66. The zero-order chi connectivity index (χ0) is 28.8. The summed E-state index contributed by atoms with van der Waals surface area (Å²) in [5, 5.41) is 35.0. The lowest BCUT2D eigenvalue weighted by Gasteiger charge is -2.33. The third-order valence-corrected chi connectivity index (χ3v) is 7.71. The summed E-state index contributed by atoms with van der Waals surface area (Å²) in [6, 6.07) is 16.0. The number of nitro benzene ring substituents is 1. The molecule has 0 aliphatic carbocycles. The molecule has 2 aliphatic rings. The molecule has 11 nitrogen and oxygen atoms in total. The summed E-state index contributed by atoms with van der Waals surface area (Å²) < 4.78 is 0. The van der Waals surface area contributed by atoms with Gasteiger partial charge in [0.1, 0.15) is 0 Å². The van der Waals surface area contributed by atoms with Crippen molar-refractivity contribution >= 4 is 17.5 Å². The molecule has 2 amide bonds. The van der Waals surface area contributed by atoms with Gasteiger partial charge in [-0.25, -0.2) is 10.5 Å². The predicted octanol–water partition coefficient (Wildman–Crippen LogP) is 3.82. The lowest BCUT2D eigenvalue weighted by molar-refractivity contribution is -0.384.